The van der Waals surface area contributed by atoms with Crippen LogP contribution in [0.1, 0.15) is 17.4 Å². The van der Waals surface area contributed by atoms with Gasteiger partial charge >= 0.3 is 0 Å². The maximum absolute atomic E-state index is 12.7. The average Bonchev–Trinajstić information content (AvgIpc) is 2.97. The Morgan fingerprint density at radius 3 is 3.08 bits per heavy atom. The number of benzene rings is 1. The number of hydrogen-bond acceptors (Lipinski definition) is 6. The molecule has 0 bridgehead atoms. The summed E-state index contributed by atoms with van der Waals surface area (Å²) in [6.07, 6.45) is 0.906. The number of hydrogen-bond donors (Lipinski definition) is 2. The minimum absolute atomic E-state index is 0.112. The summed E-state index contributed by atoms with van der Waals surface area (Å²) in [6, 6.07) is 3.21. The summed E-state index contributed by atoms with van der Waals surface area (Å²) in [5.41, 5.74) is 1.61. The molecule has 0 saturated carbocycles. The highest BCUT2D eigenvalue weighted by molar-refractivity contribution is 7.98. The zero-order valence-electron chi connectivity index (χ0n) is 13.4. The lowest BCUT2D eigenvalue weighted by atomic mass is 10.1. The van der Waals surface area contributed by atoms with E-state index < -0.39 is 0 Å². The van der Waals surface area contributed by atoms with Crippen molar-refractivity contribution in [1.29, 1.82) is 0 Å². The summed E-state index contributed by atoms with van der Waals surface area (Å²) in [6.45, 7) is 2.21. The molecule has 8 heteroatoms. The maximum atomic E-state index is 12.7. The molecular weight excluding hydrogens is 380 g/mol. The second-order valence-electron chi connectivity index (χ2n) is 5.64. The van der Waals surface area contributed by atoms with Gasteiger partial charge in [0.15, 0.2) is 11.5 Å². The van der Waals surface area contributed by atoms with Crippen LogP contribution in [0, 0.1) is 0 Å². The zero-order chi connectivity index (χ0) is 17.6. The summed E-state index contributed by atoms with van der Waals surface area (Å²) in [4.78, 5) is 22.1. The molecule has 0 amide bonds. The number of phenols is 1. The van der Waals surface area contributed by atoms with Gasteiger partial charge in [-0.1, -0.05) is 11.6 Å². The third kappa shape index (κ3) is 2.90. The molecular formula is C17H15ClN2O3S2. The molecule has 5 nitrogen and oxygen atoms in total. The van der Waals surface area contributed by atoms with Crippen LogP contribution in [-0.4, -0.2) is 27.4 Å². The molecule has 0 saturated heterocycles. The number of aryl methyl sites for hydroxylation is 1. The molecule has 4 rings (SSSR count). The average molecular weight is 395 g/mol. The Morgan fingerprint density at radius 2 is 2.28 bits per heavy atom. The van der Waals surface area contributed by atoms with Crippen LogP contribution in [0.15, 0.2) is 16.9 Å². The molecule has 1 aliphatic rings. The first-order valence-corrected chi connectivity index (χ1v) is 10.2. The molecule has 0 radical (unpaired) electrons. The quantitative estimate of drug-likeness (QED) is 0.696. The Bertz CT molecular complexity index is 1030. The first kappa shape index (κ1) is 16.8. The van der Waals surface area contributed by atoms with Crippen LogP contribution in [0.4, 0.5) is 0 Å². The van der Waals surface area contributed by atoms with Crippen molar-refractivity contribution < 1.29 is 9.84 Å². The number of aromatic amines is 1. The summed E-state index contributed by atoms with van der Waals surface area (Å²) in [7, 11) is 0. The maximum Gasteiger partial charge on any atom is 0.260 e. The van der Waals surface area contributed by atoms with E-state index in [4.69, 9.17) is 16.3 Å². The highest BCUT2D eigenvalue weighted by Crippen LogP contribution is 2.39. The van der Waals surface area contributed by atoms with E-state index in [0.717, 1.165) is 28.3 Å². The van der Waals surface area contributed by atoms with E-state index >= 15 is 0 Å². The molecule has 3 heterocycles. The van der Waals surface area contributed by atoms with E-state index in [1.54, 1.807) is 23.5 Å². The first-order chi connectivity index (χ1) is 12.1. The lowest BCUT2D eigenvalue weighted by Gasteiger charge is -2.10. The highest BCUT2D eigenvalue weighted by atomic mass is 35.5. The molecule has 3 aromatic rings. The van der Waals surface area contributed by atoms with Crippen molar-refractivity contribution in [2.75, 3.05) is 12.4 Å². The van der Waals surface area contributed by atoms with Gasteiger partial charge in [0.25, 0.3) is 5.56 Å². The van der Waals surface area contributed by atoms with Gasteiger partial charge in [-0.15, -0.1) is 11.3 Å². The van der Waals surface area contributed by atoms with Crippen LogP contribution < -0.4 is 10.3 Å². The van der Waals surface area contributed by atoms with E-state index in [1.165, 1.54) is 4.88 Å². The molecule has 0 spiro atoms. The Labute approximate surface area is 157 Å². The second kappa shape index (κ2) is 6.55. The number of rotatable bonds is 3. The van der Waals surface area contributed by atoms with Crippen LogP contribution >= 0.6 is 34.7 Å². The predicted molar refractivity (Wildman–Crippen MR) is 103 cm³/mol. The lowest BCUT2D eigenvalue weighted by molar-refractivity contribution is 0.318. The molecule has 1 aliphatic heterocycles. The van der Waals surface area contributed by atoms with Gasteiger partial charge < -0.3 is 14.8 Å². The summed E-state index contributed by atoms with van der Waals surface area (Å²) in [5, 5.41) is 10.9. The molecule has 0 fully saturated rings. The second-order valence-corrected chi connectivity index (χ2v) is 8.23. The van der Waals surface area contributed by atoms with Crippen LogP contribution in [0.3, 0.4) is 0 Å². The standard InChI is InChI=1S/C17H15ClN2O3S2/c1-2-23-11-6-8(5-10(18)14(11)21)15-19-16(22)13-9-3-4-24-7-12(9)25-17(13)20-15/h5-6,21H,2-4,7H2,1H3,(H,19,20,22). The highest BCUT2D eigenvalue weighted by Gasteiger charge is 2.21. The number of thioether (sulfide) groups is 1. The fourth-order valence-electron chi connectivity index (χ4n) is 2.94. The minimum atomic E-state index is -0.133. The van der Waals surface area contributed by atoms with Gasteiger partial charge in [-0.25, -0.2) is 4.98 Å². The number of nitrogens with one attached hydrogen (secondary N) is 1. The Morgan fingerprint density at radius 1 is 1.44 bits per heavy atom. The number of halogens is 1. The van der Waals surface area contributed by atoms with Gasteiger partial charge in [-0.05, 0) is 36.8 Å². The Balaban J connectivity index is 1.89. The molecule has 25 heavy (non-hydrogen) atoms. The largest absolute Gasteiger partial charge is 0.503 e. The van der Waals surface area contributed by atoms with Crippen LogP contribution in [0.25, 0.3) is 21.6 Å². The fourth-order valence-corrected chi connectivity index (χ4v) is 5.51. The minimum Gasteiger partial charge on any atom is -0.503 e. The Hall–Kier alpha value is -1.70. The lowest BCUT2D eigenvalue weighted by Crippen LogP contribution is -2.11. The van der Waals surface area contributed by atoms with Crippen LogP contribution in [0.2, 0.25) is 5.02 Å². The third-order valence-corrected chi connectivity index (χ3v) is 6.66. The van der Waals surface area contributed by atoms with Crippen LogP contribution in [-0.2, 0) is 12.2 Å². The van der Waals surface area contributed by atoms with Gasteiger partial charge in [0.05, 0.1) is 17.0 Å². The van der Waals surface area contributed by atoms with Crippen LogP contribution in [0.5, 0.6) is 11.5 Å². The zero-order valence-corrected chi connectivity index (χ0v) is 15.8. The molecule has 2 aromatic heterocycles. The molecule has 2 N–H and O–H groups in total. The van der Waals surface area contributed by atoms with Crippen molar-refractivity contribution in [2.45, 2.75) is 19.1 Å². The fraction of sp³-hybridized carbons (Fsp3) is 0.294. The van der Waals surface area contributed by atoms with Crippen molar-refractivity contribution in [3.63, 3.8) is 0 Å². The van der Waals surface area contributed by atoms with Gasteiger partial charge in [-0.2, -0.15) is 11.8 Å². The Kier molecular flexibility index (Phi) is 4.39. The van der Waals surface area contributed by atoms with Crippen molar-refractivity contribution in [2.24, 2.45) is 0 Å². The summed E-state index contributed by atoms with van der Waals surface area (Å²) >= 11 is 9.55. The van der Waals surface area contributed by atoms with Gasteiger partial charge in [0.2, 0.25) is 0 Å². The normalized spacial score (nSPS) is 13.8. The van der Waals surface area contributed by atoms with E-state index in [0.29, 0.717) is 23.4 Å². The summed E-state index contributed by atoms with van der Waals surface area (Å²) < 4.78 is 5.41. The van der Waals surface area contributed by atoms with Crippen molar-refractivity contribution in [3.8, 4) is 22.9 Å². The number of aromatic nitrogens is 2. The van der Waals surface area contributed by atoms with Gasteiger partial charge in [0.1, 0.15) is 10.7 Å². The predicted octanol–water partition coefficient (Wildman–Crippen LogP) is 4.20. The molecule has 0 atom stereocenters. The molecule has 0 aliphatic carbocycles. The molecule has 0 unspecified atom stereocenters. The topological polar surface area (TPSA) is 75.2 Å². The number of phenolic OH excluding ortho intramolecular Hbond substituents is 1. The monoisotopic (exact) mass is 394 g/mol. The number of ether oxygens (including phenoxy) is 1. The van der Waals surface area contributed by atoms with Crippen molar-refractivity contribution >= 4 is 44.9 Å². The van der Waals surface area contributed by atoms with E-state index in [1.807, 2.05) is 18.7 Å². The smallest absolute Gasteiger partial charge is 0.260 e. The van der Waals surface area contributed by atoms with E-state index in [2.05, 4.69) is 9.97 Å². The number of nitrogens with zero attached hydrogens (tertiary/aromatic N) is 1. The van der Waals surface area contributed by atoms with Crippen molar-refractivity contribution in [3.05, 3.63) is 37.9 Å². The van der Waals surface area contributed by atoms with E-state index in [9.17, 15) is 9.90 Å². The third-order valence-electron chi connectivity index (χ3n) is 4.08. The number of aromatic hydroxyl groups is 1. The van der Waals surface area contributed by atoms with E-state index in [-0.39, 0.29) is 22.1 Å². The first-order valence-electron chi connectivity index (χ1n) is 7.86. The number of thiophene rings is 1. The van der Waals surface area contributed by atoms with Crippen molar-refractivity contribution in [1.82, 2.24) is 9.97 Å². The number of H-pyrrole nitrogens is 1. The number of fused-ring (bicyclic) bond motifs is 3. The van der Waals surface area contributed by atoms with Gasteiger partial charge in [0, 0.05) is 16.2 Å². The summed E-state index contributed by atoms with van der Waals surface area (Å²) in [5.74, 6) is 2.55. The van der Waals surface area contributed by atoms with Gasteiger partial charge in [-0.3, -0.25) is 4.79 Å². The SMILES string of the molecule is CCOc1cc(-c2nc3sc4c(c3c(=O)[nH]2)CCSC4)cc(Cl)c1O. The molecule has 130 valence electrons. The molecule has 1 aromatic carbocycles.